The summed E-state index contributed by atoms with van der Waals surface area (Å²) in [5, 5.41) is 8.47. The minimum atomic E-state index is -4.39. The highest BCUT2D eigenvalue weighted by atomic mass is 35.5. The fraction of sp³-hybridized carbons (Fsp3) is 0.647. The first-order chi connectivity index (χ1) is 12.2. The molecule has 1 atom stereocenters. The van der Waals surface area contributed by atoms with Crippen LogP contribution in [0.4, 0.5) is 13.2 Å². The van der Waals surface area contributed by atoms with Gasteiger partial charge in [0.15, 0.2) is 5.69 Å². The normalized spacial score (nSPS) is 17.8. The van der Waals surface area contributed by atoms with Crippen molar-refractivity contribution in [3.05, 3.63) is 34.1 Å². The molecule has 1 aliphatic rings. The number of nitrogens with zero attached hydrogens (tertiary/aromatic N) is 4. The maximum Gasteiger partial charge on any atom is 0.434 e. The zero-order valence-corrected chi connectivity index (χ0v) is 15.8. The summed E-state index contributed by atoms with van der Waals surface area (Å²) in [5.74, 6) is 1.05. The summed E-state index contributed by atoms with van der Waals surface area (Å²) < 4.78 is 41.7. The van der Waals surface area contributed by atoms with Gasteiger partial charge in [0.05, 0.1) is 5.69 Å². The van der Waals surface area contributed by atoms with Crippen molar-refractivity contribution in [2.75, 3.05) is 6.54 Å². The van der Waals surface area contributed by atoms with Crippen LogP contribution in [0.5, 0.6) is 0 Å². The van der Waals surface area contributed by atoms with Crippen LogP contribution < -0.4 is 5.32 Å². The van der Waals surface area contributed by atoms with Gasteiger partial charge in [-0.3, -0.25) is 4.68 Å². The van der Waals surface area contributed by atoms with E-state index >= 15 is 0 Å². The number of alkyl halides is 3. The van der Waals surface area contributed by atoms with Gasteiger partial charge >= 0.3 is 6.18 Å². The molecule has 5 nitrogen and oxygen atoms in total. The number of imidazole rings is 1. The van der Waals surface area contributed by atoms with Crippen molar-refractivity contribution in [2.24, 2.45) is 13.0 Å². The van der Waals surface area contributed by atoms with Gasteiger partial charge in [0.1, 0.15) is 11.0 Å². The molecule has 1 aliphatic heterocycles. The van der Waals surface area contributed by atoms with Gasteiger partial charge in [-0.25, -0.2) is 4.98 Å². The molecule has 0 saturated heterocycles. The SMILES string of the molecule is CC(C)c1nn(C)c(Cl)c1CNC[C@@H]1CCc2nc(C(F)(F)F)cn2C1. The van der Waals surface area contributed by atoms with Crippen LogP contribution in [0.25, 0.3) is 0 Å². The Morgan fingerprint density at radius 3 is 2.77 bits per heavy atom. The van der Waals surface area contributed by atoms with Gasteiger partial charge in [0.2, 0.25) is 0 Å². The summed E-state index contributed by atoms with van der Waals surface area (Å²) in [6.07, 6.45) is -1.88. The second-order valence-corrected chi connectivity index (χ2v) is 7.52. The monoisotopic (exact) mass is 389 g/mol. The summed E-state index contributed by atoms with van der Waals surface area (Å²) in [5.41, 5.74) is 1.16. The number of aromatic nitrogens is 4. The van der Waals surface area contributed by atoms with Crippen LogP contribution in [0.15, 0.2) is 6.20 Å². The average Bonchev–Trinajstić information content (AvgIpc) is 3.10. The molecule has 3 heterocycles. The van der Waals surface area contributed by atoms with Crippen LogP contribution in [0, 0.1) is 5.92 Å². The second-order valence-electron chi connectivity index (χ2n) is 7.16. The second kappa shape index (κ2) is 7.23. The van der Waals surface area contributed by atoms with Crippen molar-refractivity contribution in [3.63, 3.8) is 0 Å². The van der Waals surface area contributed by atoms with E-state index in [1.165, 1.54) is 0 Å². The van der Waals surface area contributed by atoms with Gasteiger partial charge in [-0.05, 0) is 24.8 Å². The Labute approximate surface area is 155 Å². The Balaban J connectivity index is 1.60. The molecule has 2 aromatic rings. The third kappa shape index (κ3) is 3.91. The average molecular weight is 390 g/mol. The molecule has 0 aromatic carbocycles. The lowest BCUT2D eigenvalue weighted by Gasteiger charge is -2.24. The lowest BCUT2D eigenvalue weighted by atomic mass is 9.99. The molecular formula is C17H23ClF3N5. The zero-order chi connectivity index (χ0) is 19.1. The Hall–Kier alpha value is -1.54. The Bertz CT molecular complexity index is 778. The van der Waals surface area contributed by atoms with Gasteiger partial charge in [-0.2, -0.15) is 18.3 Å². The van der Waals surface area contributed by atoms with Crippen molar-refractivity contribution in [1.29, 1.82) is 0 Å². The number of aryl methyl sites for hydroxylation is 2. The van der Waals surface area contributed by atoms with E-state index < -0.39 is 11.9 Å². The standard InChI is InChI=1S/C17H23ClF3N5/c1-10(2)15-12(16(18)25(3)24-15)7-22-6-11-4-5-14-23-13(17(19,20)21)9-26(14)8-11/h9-11,22H,4-8H2,1-3H3/t11-/m0/s1. The lowest BCUT2D eigenvalue weighted by Crippen LogP contribution is -2.30. The van der Waals surface area contributed by atoms with Gasteiger partial charge in [-0.15, -0.1) is 0 Å². The number of fused-ring (bicyclic) bond motifs is 1. The molecule has 144 valence electrons. The third-order valence-electron chi connectivity index (χ3n) is 4.76. The molecule has 0 spiro atoms. The van der Waals surface area contributed by atoms with Crippen LogP contribution in [-0.2, 0) is 32.7 Å². The van der Waals surface area contributed by atoms with E-state index in [9.17, 15) is 13.2 Å². The molecule has 3 rings (SSSR count). The van der Waals surface area contributed by atoms with Crippen LogP contribution in [-0.4, -0.2) is 25.9 Å². The topological polar surface area (TPSA) is 47.7 Å². The molecule has 0 aliphatic carbocycles. The maximum atomic E-state index is 12.8. The number of hydrogen-bond acceptors (Lipinski definition) is 3. The summed E-state index contributed by atoms with van der Waals surface area (Å²) in [6.45, 7) is 6.00. The summed E-state index contributed by atoms with van der Waals surface area (Å²) in [7, 11) is 1.82. The first-order valence-corrected chi connectivity index (χ1v) is 9.09. The molecule has 0 bridgehead atoms. The highest BCUT2D eigenvalue weighted by Crippen LogP contribution is 2.31. The predicted molar refractivity (Wildman–Crippen MR) is 93.1 cm³/mol. The lowest BCUT2D eigenvalue weighted by molar-refractivity contribution is -0.141. The van der Waals surface area contributed by atoms with Crippen LogP contribution in [0.1, 0.15) is 49.0 Å². The molecule has 0 amide bonds. The molecule has 9 heteroatoms. The number of halogens is 4. The molecule has 2 aromatic heterocycles. The first kappa shape index (κ1) is 19.2. The fourth-order valence-corrected chi connectivity index (χ4v) is 3.61. The van der Waals surface area contributed by atoms with Crippen LogP contribution >= 0.6 is 11.6 Å². The molecule has 26 heavy (non-hydrogen) atoms. The molecule has 0 unspecified atom stereocenters. The molecule has 1 N–H and O–H groups in total. The Kier molecular flexibility index (Phi) is 5.35. The van der Waals surface area contributed by atoms with Crippen molar-refractivity contribution in [3.8, 4) is 0 Å². The van der Waals surface area contributed by atoms with Gasteiger partial charge in [-0.1, -0.05) is 25.4 Å². The largest absolute Gasteiger partial charge is 0.434 e. The fourth-order valence-electron chi connectivity index (χ4n) is 3.41. The van der Waals surface area contributed by atoms with Crippen molar-refractivity contribution in [1.82, 2.24) is 24.6 Å². The van der Waals surface area contributed by atoms with E-state index in [1.54, 1.807) is 9.25 Å². The van der Waals surface area contributed by atoms with E-state index in [0.29, 0.717) is 37.0 Å². The first-order valence-electron chi connectivity index (χ1n) is 8.72. The minimum Gasteiger partial charge on any atom is -0.334 e. The molecule has 0 radical (unpaired) electrons. The molecular weight excluding hydrogens is 367 g/mol. The van der Waals surface area contributed by atoms with Gasteiger partial charge in [0, 0.05) is 38.3 Å². The van der Waals surface area contributed by atoms with E-state index in [-0.39, 0.29) is 11.8 Å². The number of rotatable bonds is 5. The Morgan fingerprint density at radius 1 is 1.38 bits per heavy atom. The van der Waals surface area contributed by atoms with E-state index in [0.717, 1.165) is 23.9 Å². The summed E-state index contributed by atoms with van der Waals surface area (Å²) >= 11 is 6.33. The zero-order valence-electron chi connectivity index (χ0n) is 15.1. The molecule has 0 saturated carbocycles. The van der Waals surface area contributed by atoms with Crippen LogP contribution in [0.2, 0.25) is 5.15 Å². The summed E-state index contributed by atoms with van der Waals surface area (Å²) in [6, 6.07) is 0. The predicted octanol–water partition coefficient (Wildman–Crippen LogP) is 3.76. The number of nitrogens with one attached hydrogen (secondary N) is 1. The van der Waals surface area contributed by atoms with E-state index in [2.05, 4.69) is 29.2 Å². The minimum absolute atomic E-state index is 0.260. The van der Waals surface area contributed by atoms with Gasteiger partial charge < -0.3 is 9.88 Å². The summed E-state index contributed by atoms with van der Waals surface area (Å²) in [4.78, 5) is 3.72. The van der Waals surface area contributed by atoms with Crippen molar-refractivity contribution in [2.45, 2.75) is 51.9 Å². The van der Waals surface area contributed by atoms with Crippen LogP contribution in [0.3, 0.4) is 0 Å². The smallest absolute Gasteiger partial charge is 0.334 e. The van der Waals surface area contributed by atoms with E-state index in [1.807, 2.05) is 7.05 Å². The van der Waals surface area contributed by atoms with Gasteiger partial charge in [0.25, 0.3) is 0 Å². The Morgan fingerprint density at radius 2 is 2.12 bits per heavy atom. The highest BCUT2D eigenvalue weighted by Gasteiger charge is 2.35. The maximum absolute atomic E-state index is 12.8. The van der Waals surface area contributed by atoms with Crippen molar-refractivity contribution < 1.29 is 13.2 Å². The quantitative estimate of drug-likeness (QED) is 0.846. The van der Waals surface area contributed by atoms with E-state index in [4.69, 9.17) is 11.6 Å². The number of hydrogen-bond donors (Lipinski definition) is 1. The third-order valence-corrected chi connectivity index (χ3v) is 5.24. The highest BCUT2D eigenvalue weighted by molar-refractivity contribution is 6.30. The van der Waals surface area contributed by atoms with Crippen molar-refractivity contribution >= 4 is 11.6 Å². The molecule has 0 fully saturated rings.